The lowest BCUT2D eigenvalue weighted by Crippen LogP contribution is -2.17. The number of halogens is 1. The van der Waals surface area contributed by atoms with Crippen molar-refractivity contribution >= 4 is 23.7 Å². The second-order valence-electron chi connectivity index (χ2n) is 7.48. The van der Waals surface area contributed by atoms with Crippen LogP contribution in [0.5, 0.6) is 23.0 Å². The Morgan fingerprint density at radius 1 is 1.03 bits per heavy atom. The highest BCUT2D eigenvalue weighted by molar-refractivity contribution is 6.32. The molecule has 0 aliphatic heterocycles. The van der Waals surface area contributed by atoms with Gasteiger partial charge in [0.2, 0.25) is 5.75 Å². The van der Waals surface area contributed by atoms with Gasteiger partial charge in [0.1, 0.15) is 12.4 Å². The number of ether oxygens (including phenoxy) is 3. The number of carbonyl (C=O) groups is 1. The Balaban J connectivity index is 1.70. The van der Waals surface area contributed by atoms with Crippen LogP contribution in [-0.4, -0.2) is 31.4 Å². The predicted molar refractivity (Wildman–Crippen MR) is 132 cm³/mol. The molecule has 0 aromatic heterocycles. The van der Waals surface area contributed by atoms with Gasteiger partial charge in [0.15, 0.2) is 11.5 Å². The third-order valence-electron chi connectivity index (χ3n) is 5.02. The fraction of sp³-hybridized carbons (Fsp3) is 0.231. The number of phenols is 1. The van der Waals surface area contributed by atoms with Crippen molar-refractivity contribution < 1.29 is 24.1 Å². The van der Waals surface area contributed by atoms with E-state index in [1.807, 2.05) is 0 Å². The fourth-order valence-electron chi connectivity index (χ4n) is 3.24. The minimum Gasteiger partial charge on any atom is -0.506 e. The molecule has 0 spiro atoms. The third-order valence-corrected chi connectivity index (χ3v) is 5.32. The number of nitrogens with one attached hydrogen (secondary N) is 1. The second-order valence-corrected chi connectivity index (χ2v) is 7.88. The van der Waals surface area contributed by atoms with Crippen molar-refractivity contribution in [3.05, 3.63) is 81.9 Å². The number of aryl methyl sites for hydroxylation is 1. The van der Waals surface area contributed by atoms with E-state index >= 15 is 0 Å². The fourth-order valence-corrected chi connectivity index (χ4v) is 3.42. The molecule has 0 unspecified atom stereocenters. The third kappa shape index (κ3) is 6.42. The summed E-state index contributed by atoms with van der Waals surface area (Å²) >= 11 is 5.85. The number of benzene rings is 3. The molecule has 2 N–H and O–H groups in total. The van der Waals surface area contributed by atoms with Gasteiger partial charge in [-0.25, -0.2) is 5.43 Å². The molecule has 3 aromatic carbocycles. The maximum absolute atomic E-state index is 12.2. The Morgan fingerprint density at radius 2 is 1.68 bits per heavy atom. The summed E-state index contributed by atoms with van der Waals surface area (Å²) in [6.07, 6.45) is 3.62. The van der Waals surface area contributed by atoms with Crippen molar-refractivity contribution in [2.24, 2.45) is 5.10 Å². The van der Waals surface area contributed by atoms with Crippen LogP contribution >= 0.6 is 11.6 Å². The maximum atomic E-state index is 12.2. The largest absolute Gasteiger partial charge is 0.506 e. The summed E-state index contributed by atoms with van der Waals surface area (Å²) in [6.45, 7) is 2.52. The molecule has 34 heavy (non-hydrogen) atoms. The van der Waals surface area contributed by atoms with Crippen LogP contribution in [0.3, 0.4) is 0 Å². The normalized spacial score (nSPS) is 10.8. The molecule has 0 saturated carbocycles. The molecule has 3 aromatic rings. The molecule has 0 radical (unpaired) electrons. The van der Waals surface area contributed by atoms with Gasteiger partial charge in [-0.05, 0) is 47.9 Å². The number of hydrogen-bond acceptors (Lipinski definition) is 6. The smallest absolute Gasteiger partial charge is 0.271 e. The van der Waals surface area contributed by atoms with Crippen molar-refractivity contribution in [2.75, 3.05) is 14.2 Å². The first-order valence-electron chi connectivity index (χ1n) is 10.7. The van der Waals surface area contributed by atoms with Gasteiger partial charge in [0.05, 0.1) is 25.5 Å². The van der Waals surface area contributed by atoms with Crippen molar-refractivity contribution in [3.8, 4) is 23.0 Å². The van der Waals surface area contributed by atoms with E-state index in [1.54, 1.807) is 26.4 Å². The summed E-state index contributed by atoms with van der Waals surface area (Å²) in [5.41, 5.74) is 5.65. The average molecular weight is 483 g/mol. The van der Waals surface area contributed by atoms with Crippen LogP contribution in [0, 0.1) is 0 Å². The Morgan fingerprint density at radius 3 is 2.26 bits per heavy atom. The lowest BCUT2D eigenvalue weighted by Gasteiger charge is -2.15. The molecule has 8 heteroatoms. The molecule has 0 atom stereocenters. The van der Waals surface area contributed by atoms with Crippen LogP contribution in [0.2, 0.25) is 5.02 Å². The molecule has 0 bridgehead atoms. The first-order chi connectivity index (χ1) is 16.4. The monoisotopic (exact) mass is 482 g/mol. The topological polar surface area (TPSA) is 89.4 Å². The number of amides is 1. The van der Waals surface area contributed by atoms with Crippen LogP contribution in [-0.2, 0) is 13.0 Å². The number of nitrogens with zero attached hydrogens (tertiary/aromatic N) is 1. The number of carbonyl (C=O) groups excluding carboxylic acids is 1. The van der Waals surface area contributed by atoms with Crippen molar-refractivity contribution in [3.63, 3.8) is 0 Å². The Labute approximate surface area is 203 Å². The van der Waals surface area contributed by atoms with E-state index in [4.69, 9.17) is 25.8 Å². The summed E-state index contributed by atoms with van der Waals surface area (Å²) in [7, 11) is 3.08. The number of rotatable bonds is 10. The molecule has 0 aliphatic rings. The molecular formula is C26H27ClN2O5. The molecule has 0 aliphatic carbocycles. The Bertz CT molecular complexity index is 1140. The minimum atomic E-state index is -0.470. The van der Waals surface area contributed by atoms with Gasteiger partial charge in [-0.1, -0.05) is 49.2 Å². The van der Waals surface area contributed by atoms with E-state index in [2.05, 4.69) is 41.7 Å². The van der Waals surface area contributed by atoms with Gasteiger partial charge in [0, 0.05) is 11.1 Å². The highest BCUT2D eigenvalue weighted by atomic mass is 35.5. The number of hydrogen-bond donors (Lipinski definition) is 2. The van der Waals surface area contributed by atoms with E-state index in [-0.39, 0.29) is 16.3 Å². The van der Waals surface area contributed by atoms with Gasteiger partial charge in [-0.2, -0.15) is 5.10 Å². The quantitative estimate of drug-likeness (QED) is 0.300. The lowest BCUT2D eigenvalue weighted by molar-refractivity contribution is 0.0955. The highest BCUT2D eigenvalue weighted by Crippen LogP contribution is 2.38. The van der Waals surface area contributed by atoms with Crippen LogP contribution in [0.15, 0.2) is 59.7 Å². The molecule has 1 amide bonds. The van der Waals surface area contributed by atoms with Gasteiger partial charge < -0.3 is 19.3 Å². The molecule has 3 rings (SSSR count). The zero-order valence-corrected chi connectivity index (χ0v) is 20.1. The molecule has 0 fully saturated rings. The van der Waals surface area contributed by atoms with Crippen molar-refractivity contribution in [1.29, 1.82) is 0 Å². The van der Waals surface area contributed by atoms with E-state index in [1.165, 1.54) is 30.0 Å². The van der Waals surface area contributed by atoms with E-state index in [9.17, 15) is 9.90 Å². The van der Waals surface area contributed by atoms with Gasteiger partial charge in [-0.15, -0.1) is 0 Å². The number of phenolic OH excluding ortho intramolecular Hbond substituents is 1. The first-order valence-corrected chi connectivity index (χ1v) is 11.1. The van der Waals surface area contributed by atoms with Gasteiger partial charge >= 0.3 is 0 Å². The molecule has 7 nitrogen and oxygen atoms in total. The second kappa shape index (κ2) is 12.0. The zero-order valence-electron chi connectivity index (χ0n) is 19.3. The SMILES string of the molecule is CCCc1ccc(COc2c(OC)cc(C=NNC(=O)c3ccc(O)c(Cl)c3)cc2OC)cc1. The summed E-state index contributed by atoms with van der Waals surface area (Å²) in [4.78, 5) is 12.2. The van der Waals surface area contributed by atoms with Crippen molar-refractivity contribution in [2.45, 2.75) is 26.4 Å². The zero-order chi connectivity index (χ0) is 24.5. The summed E-state index contributed by atoms with van der Waals surface area (Å²) < 4.78 is 17.0. The molecule has 178 valence electrons. The van der Waals surface area contributed by atoms with Crippen LogP contribution in [0.25, 0.3) is 0 Å². The molecule has 0 saturated heterocycles. The van der Waals surface area contributed by atoms with E-state index in [0.717, 1.165) is 18.4 Å². The standard InChI is InChI=1S/C26H27ClN2O5/c1-4-5-17-6-8-18(9-7-17)16-34-25-23(32-2)12-19(13-24(25)33-3)15-28-29-26(31)20-10-11-22(30)21(27)14-20/h6-15,30H,4-5,16H2,1-3H3,(H,29,31). The minimum absolute atomic E-state index is 0.0820. The average Bonchev–Trinajstić information content (AvgIpc) is 2.85. The summed E-state index contributed by atoms with van der Waals surface area (Å²) in [5, 5.41) is 13.5. The Kier molecular flexibility index (Phi) is 8.76. The molecule has 0 heterocycles. The Hall–Kier alpha value is -3.71. The van der Waals surface area contributed by atoms with E-state index < -0.39 is 5.91 Å². The summed E-state index contributed by atoms with van der Waals surface area (Å²) in [5.74, 6) is 0.848. The van der Waals surface area contributed by atoms with Crippen LogP contribution in [0.1, 0.15) is 40.4 Å². The maximum Gasteiger partial charge on any atom is 0.271 e. The number of methoxy groups -OCH3 is 2. The molecular weight excluding hydrogens is 456 g/mol. The van der Waals surface area contributed by atoms with Crippen LogP contribution < -0.4 is 19.6 Å². The summed E-state index contributed by atoms with van der Waals surface area (Å²) in [6, 6.07) is 15.9. The van der Waals surface area contributed by atoms with Crippen LogP contribution in [0.4, 0.5) is 0 Å². The number of aromatic hydroxyl groups is 1. The highest BCUT2D eigenvalue weighted by Gasteiger charge is 2.14. The number of hydrazone groups is 1. The van der Waals surface area contributed by atoms with Gasteiger partial charge in [-0.3, -0.25) is 4.79 Å². The van der Waals surface area contributed by atoms with E-state index in [0.29, 0.717) is 29.4 Å². The van der Waals surface area contributed by atoms with Gasteiger partial charge in [0.25, 0.3) is 5.91 Å². The predicted octanol–water partition coefficient (Wildman–Crippen LogP) is 5.36. The lowest BCUT2D eigenvalue weighted by atomic mass is 10.1. The van der Waals surface area contributed by atoms with Crippen molar-refractivity contribution in [1.82, 2.24) is 5.43 Å². The first kappa shape index (κ1) is 24.9.